The average Bonchev–Trinajstić information content (AvgIpc) is 2.92. The summed E-state index contributed by atoms with van der Waals surface area (Å²) in [7, 11) is 1.30. The lowest BCUT2D eigenvalue weighted by atomic mass is 10.2. The van der Waals surface area contributed by atoms with Gasteiger partial charge in [-0.3, -0.25) is 0 Å². The van der Waals surface area contributed by atoms with Crippen LogP contribution in [0.5, 0.6) is 0 Å². The van der Waals surface area contributed by atoms with E-state index in [2.05, 4.69) is 19.9 Å². The highest BCUT2D eigenvalue weighted by atomic mass is 35.5. The smallest absolute Gasteiger partial charge is 0.357 e. The van der Waals surface area contributed by atoms with E-state index < -0.39 is 5.97 Å². The van der Waals surface area contributed by atoms with Crippen LogP contribution < -0.4 is 0 Å². The number of imidazole rings is 1. The first-order valence-corrected chi connectivity index (χ1v) is 6.42. The second kappa shape index (κ2) is 5.45. The van der Waals surface area contributed by atoms with Crippen molar-refractivity contribution in [2.75, 3.05) is 7.11 Å². The minimum atomic E-state index is -0.539. The number of carbonyl (C=O) groups is 1. The van der Waals surface area contributed by atoms with E-state index in [1.807, 2.05) is 0 Å². The third-order valence-electron chi connectivity index (χ3n) is 2.96. The lowest BCUT2D eigenvalue weighted by molar-refractivity contribution is 0.0592. The monoisotopic (exact) mass is 303 g/mol. The van der Waals surface area contributed by atoms with Crippen LogP contribution in [0.4, 0.5) is 0 Å². The Labute approximate surface area is 124 Å². The predicted octanol–water partition coefficient (Wildman–Crippen LogP) is 1.71. The number of methoxy groups -OCH3 is 1. The van der Waals surface area contributed by atoms with Crippen LogP contribution in [0.1, 0.15) is 16.1 Å². The number of ether oxygens (including phenoxy) is 1. The fraction of sp³-hybridized carbons (Fsp3) is 0.154. The van der Waals surface area contributed by atoms with Gasteiger partial charge in [-0.2, -0.15) is 0 Å². The van der Waals surface area contributed by atoms with E-state index in [4.69, 9.17) is 16.3 Å². The normalized spacial score (nSPS) is 10.8. The fourth-order valence-electron chi connectivity index (χ4n) is 1.97. The first-order valence-electron chi connectivity index (χ1n) is 6.04. The predicted molar refractivity (Wildman–Crippen MR) is 75.0 cm³/mol. The molecule has 0 bridgehead atoms. The molecule has 0 saturated heterocycles. The largest absolute Gasteiger partial charge is 0.464 e. The number of carbonyl (C=O) groups excluding carboxylic acids is 1. The summed E-state index contributed by atoms with van der Waals surface area (Å²) in [5.74, 6) is -0.539. The molecule has 0 aliphatic heterocycles. The average molecular weight is 304 g/mol. The molecule has 0 N–H and O–H groups in total. The molecule has 21 heavy (non-hydrogen) atoms. The number of hydrogen-bond donors (Lipinski definition) is 0. The first-order chi connectivity index (χ1) is 10.2. The van der Waals surface area contributed by atoms with E-state index in [0.29, 0.717) is 28.4 Å². The van der Waals surface area contributed by atoms with Crippen LogP contribution in [0.15, 0.2) is 31.0 Å². The van der Waals surface area contributed by atoms with Gasteiger partial charge in [0.05, 0.1) is 20.0 Å². The molecule has 7 nitrogen and oxygen atoms in total. The Hall–Kier alpha value is -2.54. The summed E-state index contributed by atoms with van der Waals surface area (Å²) >= 11 is 6.18. The molecule has 8 heteroatoms. The Bertz CT molecular complexity index is 817. The molecule has 3 heterocycles. The highest BCUT2D eigenvalue weighted by molar-refractivity contribution is 6.31. The maximum Gasteiger partial charge on any atom is 0.357 e. The van der Waals surface area contributed by atoms with Gasteiger partial charge in [-0.15, -0.1) is 0 Å². The van der Waals surface area contributed by atoms with Gasteiger partial charge in [0, 0.05) is 29.2 Å². The van der Waals surface area contributed by atoms with Gasteiger partial charge < -0.3 is 9.30 Å². The lowest BCUT2D eigenvalue weighted by Crippen LogP contribution is -2.12. The summed E-state index contributed by atoms with van der Waals surface area (Å²) in [4.78, 5) is 28.3. The molecule has 0 spiro atoms. The van der Waals surface area contributed by atoms with Crippen molar-refractivity contribution in [1.29, 1.82) is 0 Å². The molecule has 3 aromatic rings. The number of nitrogens with zero attached hydrogens (tertiary/aromatic N) is 5. The minimum absolute atomic E-state index is 0.177. The summed E-state index contributed by atoms with van der Waals surface area (Å²) in [5.41, 5.74) is 1.86. The molecule has 106 valence electrons. The number of halogens is 1. The number of hydrogen-bond acceptors (Lipinski definition) is 6. The quantitative estimate of drug-likeness (QED) is 0.685. The molecular weight excluding hydrogens is 294 g/mol. The standard InChI is InChI=1S/C13H10ClN5O2/c1-21-13(20)10-8(9(14)2-3-15-10)6-19-7-18-11-12(19)17-5-4-16-11/h2-5,7H,6H2,1H3. The van der Waals surface area contributed by atoms with Crippen molar-refractivity contribution in [3.8, 4) is 0 Å². The molecule has 0 saturated carbocycles. The number of rotatable bonds is 3. The van der Waals surface area contributed by atoms with Crippen LogP contribution in [-0.4, -0.2) is 37.6 Å². The molecule has 0 aromatic carbocycles. The second-order valence-electron chi connectivity index (χ2n) is 4.19. The zero-order valence-electron chi connectivity index (χ0n) is 11.0. The lowest BCUT2D eigenvalue weighted by Gasteiger charge is -2.09. The third-order valence-corrected chi connectivity index (χ3v) is 3.31. The van der Waals surface area contributed by atoms with Crippen molar-refractivity contribution in [1.82, 2.24) is 24.5 Å². The summed E-state index contributed by atoms with van der Waals surface area (Å²) < 4.78 is 6.47. The maximum absolute atomic E-state index is 11.8. The van der Waals surface area contributed by atoms with Gasteiger partial charge in [-0.25, -0.2) is 24.7 Å². The van der Waals surface area contributed by atoms with Crippen molar-refractivity contribution >= 4 is 28.9 Å². The topological polar surface area (TPSA) is 82.8 Å². The van der Waals surface area contributed by atoms with Gasteiger partial charge in [0.2, 0.25) is 0 Å². The van der Waals surface area contributed by atoms with E-state index >= 15 is 0 Å². The Morgan fingerprint density at radius 3 is 2.86 bits per heavy atom. The molecule has 0 amide bonds. The summed E-state index contributed by atoms with van der Waals surface area (Å²) in [6.07, 6.45) is 6.20. The van der Waals surface area contributed by atoms with Gasteiger partial charge in [-0.1, -0.05) is 11.6 Å². The van der Waals surface area contributed by atoms with Crippen LogP contribution in [0.3, 0.4) is 0 Å². The fourth-order valence-corrected chi connectivity index (χ4v) is 2.18. The van der Waals surface area contributed by atoms with Gasteiger partial charge in [-0.05, 0) is 6.07 Å². The SMILES string of the molecule is COC(=O)c1nccc(Cl)c1Cn1cnc2nccnc21. The Kier molecular flexibility index (Phi) is 3.49. The minimum Gasteiger partial charge on any atom is -0.464 e. The van der Waals surface area contributed by atoms with Crippen molar-refractivity contribution in [3.05, 3.63) is 47.3 Å². The molecule has 0 unspecified atom stereocenters. The van der Waals surface area contributed by atoms with Gasteiger partial charge in [0.15, 0.2) is 17.0 Å². The van der Waals surface area contributed by atoms with Gasteiger partial charge >= 0.3 is 5.97 Å². The van der Waals surface area contributed by atoms with Crippen molar-refractivity contribution in [2.45, 2.75) is 6.54 Å². The highest BCUT2D eigenvalue weighted by Crippen LogP contribution is 2.21. The Morgan fingerprint density at radius 1 is 1.24 bits per heavy atom. The summed E-state index contributed by atoms with van der Waals surface area (Å²) in [6, 6.07) is 1.62. The van der Waals surface area contributed by atoms with Crippen molar-refractivity contribution in [2.24, 2.45) is 0 Å². The third kappa shape index (κ3) is 2.43. The van der Waals surface area contributed by atoms with Crippen LogP contribution in [0, 0.1) is 0 Å². The van der Waals surface area contributed by atoms with Gasteiger partial charge in [0.25, 0.3) is 0 Å². The molecule has 0 aliphatic rings. The summed E-state index contributed by atoms with van der Waals surface area (Å²) in [6.45, 7) is 0.298. The van der Waals surface area contributed by atoms with Gasteiger partial charge in [0.1, 0.15) is 0 Å². The second-order valence-corrected chi connectivity index (χ2v) is 4.59. The van der Waals surface area contributed by atoms with E-state index in [0.717, 1.165) is 0 Å². The van der Waals surface area contributed by atoms with Crippen molar-refractivity contribution in [3.63, 3.8) is 0 Å². The molecular formula is C13H10ClN5O2. The zero-order chi connectivity index (χ0) is 14.8. The Balaban J connectivity index is 2.07. The molecule has 0 atom stereocenters. The van der Waals surface area contributed by atoms with Crippen LogP contribution >= 0.6 is 11.6 Å². The van der Waals surface area contributed by atoms with E-state index in [9.17, 15) is 4.79 Å². The summed E-state index contributed by atoms with van der Waals surface area (Å²) in [5, 5.41) is 0.427. The maximum atomic E-state index is 11.8. The van der Waals surface area contributed by atoms with Crippen LogP contribution in [-0.2, 0) is 11.3 Å². The van der Waals surface area contributed by atoms with Crippen LogP contribution in [0.2, 0.25) is 5.02 Å². The molecule has 0 radical (unpaired) electrons. The zero-order valence-corrected chi connectivity index (χ0v) is 11.8. The number of pyridine rings is 1. The number of esters is 1. The molecule has 3 aromatic heterocycles. The van der Waals surface area contributed by atoms with E-state index in [-0.39, 0.29) is 5.69 Å². The first kappa shape index (κ1) is 13.4. The highest BCUT2D eigenvalue weighted by Gasteiger charge is 2.18. The molecule has 0 aliphatic carbocycles. The van der Waals surface area contributed by atoms with E-state index in [1.165, 1.54) is 13.3 Å². The number of aromatic nitrogens is 5. The Morgan fingerprint density at radius 2 is 2.05 bits per heavy atom. The van der Waals surface area contributed by atoms with Crippen LogP contribution in [0.25, 0.3) is 11.3 Å². The van der Waals surface area contributed by atoms with Crippen molar-refractivity contribution < 1.29 is 9.53 Å². The molecule has 3 rings (SSSR count). The molecule has 0 fully saturated rings. The van der Waals surface area contributed by atoms with E-state index in [1.54, 1.807) is 29.4 Å². The number of fused-ring (bicyclic) bond motifs is 1.